The Kier molecular flexibility index (Phi) is 4.54. The van der Waals surface area contributed by atoms with Gasteiger partial charge in [0.05, 0.1) is 6.20 Å². The van der Waals surface area contributed by atoms with Gasteiger partial charge in [-0.2, -0.15) is 12.6 Å². The van der Waals surface area contributed by atoms with Crippen LogP contribution in [-0.4, -0.2) is 16.1 Å². The maximum Gasteiger partial charge on any atom is 0.325 e. The first-order valence-electron chi connectivity index (χ1n) is 6.77. The van der Waals surface area contributed by atoms with Crippen molar-refractivity contribution in [2.75, 3.05) is 0 Å². The van der Waals surface area contributed by atoms with Crippen molar-refractivity contribution in [2.45, 2.75) is 5.25 Å². The van der Waals surface area contributed by atoms with Gasteiger partial charge in [-0.25, -0.2) is 4.98 Å². The van der Waals surface area contributed by atoms with Gasteiger partial charge in [-0.3, -0.25) is 4.79 Å². The van der Waals surface area contributed by atoms with E-state index in [2.05, 4.69) is 33.5 Å². The average Bonchev–Trinajstić information content (AvgIpc) is 3.05. The van der Waals surface area contributed by atoms with Crippen LogP contribution in [0.4, 0.5) is 0 Å². The lowest BCUT2D eigenvalue weighted by Gasteiger charge is -2.03. The molecule has 0 bridgehead atoms. The summed E-state index contributed by atoms with van der Waals surface area (Å²) in [6, 6.07) is 15.8. The van der Waals surface area contributed by atoms with Gasteiger partial charge >= 0.3 is 5.97 Å². The van der Waals surface area contributed by atoms with E-state index in [0.717, 1.165) is 21.2 Å². The number of nitrogens with zero attached hydrogens (tertiary/aromatic N) is 1. The van der Waals surface area contributed by atoms with Crippen LogP contribution in [0.3, 0.4) is 0 Å². The molecule has 0 aliphatic heterocycles. The van der Waals surface area contributed by atoms with E-state index in [9.17, 15) is 4.79 Å². The quantitative estimate of drug-likeness (QED) is 0.627. The third-order valence-electron chi connectivity index (χ3n) is 3.34. The summed E-state index contributed by atoms with van der Waals surface area (Å²) in [7, 11) is 0. The van der Waals surface area contributed by atoms with E-state index in [-0.39, 0.29) is 5.89 Å². The first kappa shape index (κ1) is 15.8. The summed E-state index contributed by atoms with van der Waals surface area (Å²) >= 11 is 7.37. The Balaban J connectivity index is 1.85. The summed E-state index contributed by atoms with van der Waals surface area (Å²) in [5.74, 6) is -0.497. The van der Waals surface area contributed by atoms with Crippen LogP contribution in [0.25, 0.3) is 22.5 Å². The fourth-order valence-electron chi connectivity index (χ4n) is 2.12. The highest BCUT2D eigenvalue weighted by atomic mass is 79.9. The number of aliphatic carboxylic acids is 1. The van der Waals surface area contributed by atoms with E-state index in [0.29, 0.717) is 5.76 Å². The third-order valence-corrected chi connectivity index (χ3v) is 4.31. The summed E-state index contributed by atoms with van der Waals surface area (Å²) in [6.07, 6.45) is 1.51. The minimum Gasteiger partial charge on any atom is -0.480 e. The van der Waals surface area contributed by atoms with Gasteiger partial charge in [0.1, 0.15) is 0 Å². The predicted molar refractivity (Wildman–Crippen MR) is 94.4 cm³/mol. The molecule has 0 radical (unpaired) electrons. The van der Waals surface area contributed by atoms with Crippen LogP contribution in [0, 0.1) is 0 Å². The first-order chi connectivity index (χ1) is 11.0. The molecule has 1 N–H and O–H groups in total. The zero-order chi connectivity index (χ0) is 16.4. The molecule has 23 heavy (non-hydrogen) atoms. The van der Waals surface area contributed by atoms with Gasteiger partial charge in [0.2, 0.25) is 5.89 Å². The molecular formula is C17H12BrNO3S. The zero-order valence-corrected chi connectivity index (χ0v) is 14.3. The van der Waals surface area contributed by atoms with Gasteiger partial charge in [-0.05, 0) is 23.3 Å². The van der Waals surface area contributed by atoms with Crippen LogP contribution in [0.5, 0.6) is 0 Å². The van der Waals surface area contributed by atoms with Crippen LogP contribution in [0.15, 0.2) is 63.6 Å². The Morgan fingerprint density at radius 3 is 2.13 bits per heavy atom. The minimum absolute atomic E-state index is 0.0767. The lowest BCUT2D eigenvalue weighted by atomic mass is 10.0. The van der Waals surface area contributed by atoms with Gasteiger partial charge in [0.25, 0.3) is 0 Å². The molecule has 1 atom stereocenters. The van der Waals surface area contributed by atoms with Gasteiger partial charge < -0.3 is 9.52 Å². The van der Waals surface area contributed by atoms with Gasteiger partial charge in [-0.1, -0.05) is 52.3 Å². The normalized spacial score (nSPS) is 12.1. The number of rotatable bonds is 4. The summed E-state index contributed by atoms with van der Waals surface area (Å²) < 4.78 is 6.51. The molecule has 0 spiro atoms. The van der Waals surface area contributed by atoms with Crippen molar-refractivity contribution in [3.05, 3.63) is 65.1 Å². The molecule has 116 valence electrons. The Hall–Kier alpha value is -2.05. The Labute approximate surface area is 146 Å². The molecule has 3 aromatic rings. The standard InChI is InChI=1S/C17H12BrNO3S/c18-13-7-5-11(6-8-13)10-1-3-12(4-2-10)14-9-19-16(22-14)15(23)17(20)21/h1-9,15,23H,(H,20,21). The van der Waals surface area contributed by atoms with E-state index in [1.54, 1.807) is 0 Å². The fourth-order valence-corrected chi connectivity index (χ4v) is 2.51. The molecular weight excluding hydrogens is 378 g/mol. The van der Waals surface area contributed by atoms with Crippen molar-refractivity contribution in [2.24, 2.45) is 0 Å². The summed E-state index contributed by atoms with van der Waals surface area (Å²) in [6.45, 7) is 0. The maximum atomic E-state index is 10.9. The highest BCUT2D eigenvalue weighted by molar-refractivity contribution is 9.10. The smallest absolute Gasteiger partial charge is 0.325 e. The molecule has 0 fully saturated rings. The largest absolute Gasteiger partial charge is 0.480 e. The van der Waals surface area contributed by atoms with Crippen molar-refractivity contribution in [1.29, 1.82) is 0 Å². The Bertz CT molecular complexity index is 828. The number of benzene rings is 2. The second kappa shape index (κ2) is 6.60. The first-order valence-corrected chi connectivity index (χ1v) is 8.08. The molecule has 0 amide bonds. The number of halogens is 1. The number of aromatic nitrogens is 1. The molecule has 0 aliphatic rings. The molecule has 1 aromatic heterocycles. The van der Waals surface area contributed by atoms with E-state index < -0.39 is 11.2 Å². The number of hydrogen-bond donors (Lipinski definition) is 2. The van der Waals surface area contributed by atoms with Crippen molar-refractivity contribution in [3.8, 4) is 22.5 Å². The highest BCUT2D eigenvalue weighted by Crippen LogP contribution is 2.28. The molecule has 0 aliphatic carbocycles. The summed E-state index contributed by atoms with van der Waals surface area (Å²) in [4.78, 5) is 14.9. The van der Waals surface area contributed by atoms with E-state index in [4.69, 9.17) is 9.52 Å². The van der Waals surface area contributed by atoms with Crippen LogP contribution in [0.2, 0.25) is 0 Å². The molecule has 2 aromatic carbocycles. The maximum absolute atomic E-state index is 10.9. The number of carboxylic acid groups (broad SMARTS) is 1. The molecule has 0 saturated carbocycles. The van der Waals surface area contributed by atoms with Crippen LogP contribution in [-0.2, 0) is 4.79 Å². The fraction of sp³-hybridized carbons (Fsp3) is 0.0588. The second-order valence-electron chi connectivity index (χ2n) is 4.89. The molecule has 6 heteroatoms. The SMILES string of the molecule is O=C(O)C(S)c1ncc(-c2ccc(-c3ccc(Br)cc3)cc2)o1. The number of hydrogen-bond acceptors (Lipinski definition) is 4. The Morgan fingerprint density at radius 2 is 1.57 bits per heavy atom. The van der Waals surface area contributed by atoms with Gasteiger partial charge in [0.15, 0.2) is 11.0 Å². The van der Waals surface area contributed by atoms with Crippen molar-refractivity contribution in [1.82, 2.24) is 4.98 Å². The second-order valence-corrected chi connectivity index (χ2v) is 6.32. The average molecular weight is 390 g/mol. The molecule has 4 nitrogen and oxygen atoms in total. The van der Waals surface area contributed by atoms with Gasteiger partial charge in [0, 0.05) is 10.0 Å². The van der Waals surface area contributed by atoms with Crippen molar-refractivity contribution >= 4 is 34.5 Å². The van der Waals surface area contributed by atoms with Crippen LogP contribution < -0.4 is 0 Å². The van der Waals surface area contributed by atoms with Gasteiger partial charge in [-0.15, -0.1) is 0 Å². The molecule has 3 rings (SSSR count). The van der Waals surface area contributed by atoms with E-state index in [1.165, 1.54) is 6.20 Å². The van der Waals surface area contributed by atoms with Crippen molar-refractivity contribution in [3.63, 3.8) is 0 Å². The monoisotopic (exact) mass is 389 g/mol. The highest BCUT2D eigenvalue weighted by Gasteiger charge is 2.21. The zero-order valence-electron chi connectivity index (χ0n) is 11.8. The molecule has 1 unspecified atom stereocenters. The lowest BCUT2D eigenvalue weighted by Crippen LogP contribution is -2.04. The number of carbonyl (C=O) groups is 1. The van der Waals surface area contributed by atoms with E-state index in [1.807, 2.05) is 48.5 Å². The summed E-state index contributed by atoms with van der Waals surface area (Å²) in [5.41, 5.74) is 3.02. The summed E-state index contributed by atoms with van der Waals surface area (Å²) in [5, 5.41) is 7.85. The van der Waals surface area contributed by atoms with Crippen molar-refractivity contribution < 1.29 is 14.3 Å². The topological polar surface area (TPSA) is 63.3 Å². The Morgan fingerprint density at radius 1 is 1.04 bits per heavy atom. The lowest BCUT2D eigenvalue weighted by molar-refractivity contribution is -0.136. The molecule has 0 saturated heterocycles. The number of carboxylic acids is 1. The molecule has 1 heterocycles. The number of thiol groups is 1. The third kappa shape index (κ3) is 3.48. The number of oxazole rings is 1. The van der Waals surface area contributed by atoms with Crippen LogP contribution in [0.1, 0.15) is 11.1 Å². The minimum atomic E-state index is -1.09. The predicted octanol–water partition coefficient (Wildman–Crippen LogP) is 4.83. The van der Waals surface area contributed by atoms with E-state index >= 15 is 0 Å². The van der Waals surface area contributed by atoms with Crippen LogP contribution >= 0.6 is 28.6 Å².